The average molecular weight is 364 g/mol. The molecule has 25 heavy (non-hydrogen) atoms. The highest BCUT2D eigenvalue weighted by Crippen LogP contribution is 2.26. The van der Waals surface area contributed by atoms with Crippen LogP contribution in [0.4, 0.5) is 4.79 Å². The molecule has 0 aliphatic rings. The van der Waals surface area contributed by atoms with E-state index in [1.54, 1.807) is 26.4 Å². The van der Waals surface area contributed by atoms with Crippen molar-refractivity contribution in [3.63, 3.8) is 0 Å². The fourth-order valence-electron chi connectivity index (χ4n) is 1.96. The molecule has 0 unspecified atom stereocenters. The number of rotatable bonds is 7. The molecule has 2 aromatic rings. The minimum absolute atomic E-state index is 0.406. The molecule has 0 fully saturated rings. The summed E-state index contributed by atoms with van der Waals surface area (Å²) in [5, 5.41) is 13.1. The number of aromatic nitrogens is 4. The third-order valence-corrected chi connectivity index (χ3v) is 4.37. The van der Waals surface area contributed by atoms with Crippen LogP contribution < -0.4 is 10.6 Å². The molecule has 10 heteroatoms. The number of imide groups is 1. The topological polar surface area (TPSA) is 111 Å². The predicted molar refractivity (Wildman–Crippen MR) is 93.0 cm³/mol. The smallest absolute Gasteiger partial charge is 0.321 e. The molecule has 0 radical (unpaired) electrons. The highest BCUT2D eigenvalue weighted by atomic mass is 32.2. The van der Waals surface area contributed by atoms with Gasteiger partial charge in [0.2, 0.25) is 5.91 Å². The molecule has 2 rings (SSSR count). The third-order valence-electron chi connectivity index (χ3n) is 3.29. The summed E-state index contributed by atoms with van der Waals surface area (Å²) in [4.78, 5) is 27.3. The lowest BCUT2D eigenvalue weighted by atomic mass is 10.2. The van der Waals surface area contributed by atoms with Gasteiger partial charge in [-0.1, -0.05) is 11.8 Å². The van der Waals surface area contributed by atoms with E-state index in [4.69, 9.17) is 4.74 Å². The number of amides is 3. The number of thioether (sulfide) groups is 1. The number of methoxy groups -OCH3 is 1. The van der Waals surface area contributed by atoms with E-state index in [2.05, 4.69) is 25.8 Å². The van der Waals surface area contributed by atoms with Crippen LogP contribution in [0.1, 0.15) is 6.92 Å². The summed E-state index contributed by atoms with van der Waals surface area (Å²) in [5.74, 6) is 0.261. The molecule has 2 heterocycles. The summed E-state index contributed by atoms with van der Waals surface area (Å²) in [6, 6.07) is 3.13. The molecule has 0 bridgehead atoms. The Labute approximate surface area is 149 Å². The Hall–Kier alpha value is -2.46. The van der Waals surface area contributed by atoms with Crippen molar-refractivity contribution in [3.8, 4) is 11.4 Å². The van der Waals surface area contributed by atoms with Gasteiger partial charge in [-0.3, -0.25) is 19.7 Å². The minimum Gasteiger partial charge on any atom is -0.383 e. The molecule has 3 amide bonds. The van der Waals surface area contributed by atoms with E-state index in [9.17, 15) is 9.59 Å². The second kappa shape index (κ2) is 9.14. The van der Waals surface area contributed by atoms with Gasteiger partial charge < -0.3 is 10.1 Å². The molecular weight excluding hydrogens is 344 g/mol. The second-order valence-electron chi connectivity index (χ2n) is 5.01. The van der Waals surface area contributed by atoms with Crippen LogP contribution in [0.15, 0.2) is 29.7 Å². The van der Waals surface area contributed by atoms with Crippen molar-refractivity contribution in [2.45, 2.75) is 23.9 Å². The Kier molecular flexibility index (Phi) is 6.90. The monoisotopic (exact) mass is 364 g/mol. The van der Waals surface area contributed by atoms with Gasteiger partial charge in [0.25, 0.3) is 0 Å². The molecule has 0 saturated carbocycles. The van der Waals surface area contributed by atoms with Gasteiger partial charge in [0.15, 0.2) is 11.0 Å². The Balaban J connectivity index is 2.21. The van der Waals surface area contributed by atoms with Gasteiger partial charge in [-0.15, -0.1) is 10.2 Å². The van der Waals surface area contributed by atoms with E-state index in [0.717, 1.165) is 5.56 Å². The van der Waals surface area contributed by atoms with Crippen molar-refractivity contribution in [1.29, 1.82) is 0 Å². The van der Waals surface area contributed by atoms with Gasteiger partial charge in [0, 0.05) is 32.1 Å². The highest BCUT2D eigenvalue weighted by molar-refractivity contribution is 8.00. The highest BCUT2D eigenvalue weighted by Gasteiger charge is 2.21. The quantitative estimate of drug-likeness (QED) is 0.703. The number of ether oxygens (including phenoxy) is 1. The van der Waals surface area contributed by atoms with Crippen LogP contribution in [0.5, 0.6) is 0 Å². The lowest BCUT2D eigenvalue weighted by Gasteiger charge is -2.13. The van der Waals surface area contributed by atoms with Crippen molar-refractivity contribution >= 4 is 23.7 Å². The number of nitrogens with zero attached hydrogens (tertiary/aromatic N) is 4. The first-order valence-corrected chi connectivity index (χ1v) is 8.46. The van der Waals surface area contributed by atoms with E-state index >= 15 is 0 Å². The van der Waals surface area contributed by atoms with Gasteiger partial charge in [0.05, 0.1) is 18.4 Å². The molecule has 9 nitrogen and oxygen atoms in total. The van der Waals surface area contributed by atoms with Crippen molar-refractivity contribution in [3.05, 3.63) is 24.5 Å². The van der Waals surface area contributed by atoms with Gasteiger partial charge >= 0.3 is 6.03 Å². The van der Waals surface area contributed by atoms with Crippen molar-refractivity contribution < 1.29 is 14.3 Å². The molecule has 0 aliphatic carbocycles. The third kappa shape index (κ3) is 5.00. The maximum atomic E-state index is 12.0. The summed E-state index contributed by atoms with van der Waals surface area (Å²) in [6.07, 6.45) is 3.36. The summed E-state index contributed by atoms with van der Waals surface area (Å²) >= 11 is 1.22. The normalized spacial score (nSPS) is 11.8. The Bertz CT molecular complexity index is 721. The zero-order valence-corrected chi connectivity index (χ0v) is 15.0. The van der Waals surface area contributed by atoms with E-state index < -0.39 is 17.2 Å². The molecule has 2 aromatic heterocycles. The Morgan fingerprint density at radius 2 is 2.04 bits per heavy atom. The zero-order valence-electron chi connectivity index (χ0n) is 14.2. The molecule has 2 N–H and O–H groups in total. The van der Waals surface area contributed by atoms with Crippen LogP contribution in [-0.4, -0.2) is 57.7 Å². The lowest BCUT2D eigenvalue weighted by molar-refractivity contribution is -0.119. The average Bonchev–Trinajstić information content (AvgIpc) is 3.02. The Morgan fingerprint density at radius 1 is 1.32 bits per heavy atom. The molecular formula is C15H20N6O3S. The van der Waals surface area contributed by atoms with E-state index in [0.29, 0.717) is 24.1 Å². The van der Waals surface area contributed by atoms with Gasteiger partial charge in [0.1, 0.15) is 0 Å². The molecule has 0 spiro atoms. The fourth-order valence-corrected chi connectivity index (χ4v) is 2.84. The molecule has 134 valence electrons. The van der Waals surface area contributed by atoms with Gasteiger partial charge in [-0.25, -0.2) is 4.79 Å². The lowest BCUT2D eigenvalue weighted by Crippen LogP contribution is -2.41. The number of hydrogen-bond acceptors (Lipinski definition) is 7. The van der Waals surface area contributed by atoms with Crippen LogP contribution in [0.25, 0.3) is 11.4 Å². The first kappa shape index (κ1) is 18.9. The van der Waals surface area contributed by atoms with Crippen LogP contribution in [-0.2, 0) is 16.1 Å². The number of pyridine rings is 1. The first-order valence-electron chi connectivity index (χ1n) is 7.58. The van der Waals surface area contributed by atoms with Gasteiger partial charge in [-0.2, -0.15) is 0 Å². The number of hydrogen-bond donors (Lipinski definition) is 2. The molecule has 0 aliphatic heterocycles. The van der Waals surface area contributed by atoms with Crippen LogP contribution >= 0.6 is 11.8 Å². The van der Waals surface area contributed by atoms with Crippen molar-refractivity contribution in [2.75, 3.05) is 20.8 Å². The molecule has 0 aromatic carbocycles. The second-order valence-corrected chi connectivity index (χ2v) is 6.32. The van der Waals surface area contributed by atoms with Crippen molar-refractivity contribution in [2.24, 2.45) is 0 Å². The van der Waals surface area contributed by atoms with Crippen LogP contribution in [0, 0.1) is 0 Å². The van der Waals surface area contributed by atoms with E-state index in [-0.39, 0.29) is 0 Å². The largest absolute Gasteiger partial charge is 0.383 e. The first-order chi connectivity index (χ1) is 12.1. The number of carbonyl (C=O) groups excluding carboxylic acids is 2. The van der Waals surface area contributed by atoms with Crippen LogP contribution in [0.2, 0.25) is 0 Å². The maximum Gasteiger partial charge on any atom is 0.321 e. The SMILES string of the molecule is CNC(=O)NC(=O)[C@@H](C)Sc1nnc(-c2ccncc2)n1CCOC. The zero-order chi connectivity index (χ0) is 18.2. The molecule has 0 saturated heterocycles. The van der Waals surface area contributed by atoms with E-state index in [1.807, 2.05) is 16.7 Å². The van der Waals surface area contributed by atoms with Gasteiger partial charge in [-0.05, 0) is 19.1 Å². The standard InChI is InChI=1S/C15H20N6O3S/c1-10(13(22)18-14(23)16-2)25-15-20-19-12(21(15)8-9-24-3)11-4-6-17-7-5-11/h4-7,10H,8-9H2,1-3H3,(H2,16,18,22,23)/t10-/m1/s1. The van der Waals surface area contributed by atoms with Crippen molar-refractivity contribution in [1.82, 2.24) is 30.4 Å². The summed E-state index contributed by atoms with van der Waals surface area (Å²) in [5.41, 5.74) is 0.868. The van der Waals surface area contributed by atoms with E-state index in [1.165, 1.54) is 18.8 Å². The van der Waals surface area contributed by atoms with Crippen LogP contribution in [0.3, 0.4) is 0 Å². The minimum atomic E-state index is -0.546. The fraction of sp³-hybridized carbons (Fsp3) is 0.400. The summed E-state index contributed by atoms with van der Waals surface area (Å²) < 4.78 is 7.03. The number of carbonyl (C=O) groups is 2. The predicted octanol–water partition coefficient (Wildman–Crippen LogP) is 0.923. The summed E-state index contributed by atoms with van der Waals surface area (Å²) in [7, 11) is 3.06. The number of urea groups is 1. The Morgan fingerprint density at radius 3 is 2.68 bits per heavy atom. The molecule has 1 atom stereocenters. The summed E-state index contributed by atoms with van der Waals surface area (Å²) in [6.45, 7) is 2.71. The maximum absolute atomic E-state index is 12.0. The number of nitrogens with one attached hydrogen (secondary N) is 2.